The van der Waals surface area contributed by atoms with Gasteiger partial charge >= 0.3 is 13.3 Å². The second-order valence-corrected chi connectivity index (χ2v) is 21.9. The molecule has 0 saturated carbocycles. The van der Waals surface area contributed by atoms with Crippen LogP contribution in [0.25, 0.3) is 10.1 Å². The van der Waals surface area contributed by atoms with Gasteiger partial charge in [0.1, 0.15) is 24.2 Å². The number of piperidine rings is 1. The number of amides is 7. The standard InChI is InChI=1S/C50H53F2N6O11PS/c1-49(2,3)43(55-45(62)40-24-31-23-33(15-18-39(31)71-40)50(51,52)70(66,67)68)48(65)58-27-34(25-37(58)47(64)56-20-21-69-38(28-56)30-11-7-5-8-12-30)53-41(59)13-9-4-6-10-29-14-16-35-32(22-29)26-57(46(35)63)36-17-19-42(60)54-44(36)61/h5,7-8,11-12,14-16,18,22-24,34,36-38,43H,4,9,13,17,19-21,25-28H2,1-3H3,(H,53,59)(H,55,62)(H,54,60,61)(H2,66,67,68)/t34-,36?,37-,38-,43?/m0/s1. The molecular formula is C50H53F2N6O11PS. The van der Waals surface area contributed by atoms with Crippen LogP contribution < -0.4 is 16.0 Å². The number of ether oxygens (including phenoxy) is 1. The molecule has 5 heterocycles. The first-order chi connectivity index (χ1) is 33.6. The van der Waals surface area contributed by atoms with Crippen molar-refractivity contribution in [1.29, 1.82) is 0 Å². The molecule has 0 spiro atoms. The van der Waals surface area contributed by atoms with Gasteiger partial charge in [-0.2, -0.15) is 8.78 Å². The first-order valence-corrected chi connectivity index (χ1v) is 25.6. The average molecular weight is 1020 g/mol. The quantitative estimate of drug-likeness (QED) is 0.0552. The van der Waals surface area contributed by atoms with Gasteiger partial charge in [-0.3, -0.25) is 43.4 Å². The van der Waals surface area contributed by atoms with Crippen LogP contribution in [0.1, 0.15) is 108 Å². The number of carbonyl (C=O) groups excluding carboxylic acids is 7. The van der Waals surface area contributed by atoms with Crippen LogP contribution in [0.15, 0.2) is 72.8 Å². The minimum Gasteiger partial charge on any atom is -0.370 e. The van der Waals surface area contributed by atoms with Gasteiger partial charge in [0.05, 0.1) is 18.0 Å². The predicted molar refractivity (Wildman–Crippen MR) is 255 cm³/mol. The first kappa shape index (κ1) is 51.0. The summed E-state index contributed by atoms with van der Waals surface area (Å²) in [7, 11) is -5.85. The normalized spacial score (nSPS) is 21.1. The Kier molecular flexibility index (Phi) is 14.7. The molecule has 2 unspecified atom stereocenters. The molecule has 17 nitrogen and oxygen atoms in total. The summed E-state index contributed by atoms with van der Waals surface area (Å²) in [5.74, 6) is 3.07. The molecule has 71 heavy (non-hydrogen) atoms. The number of morpholine rings is 1. The number of hydrogen-bond donors (Lipinski definition) is 5. The number of nitrogens with zero attached hydrogens (tertiary/aromatic N) is 3. The molecule has 5 N–H and O–H groups in total. The summed E-state index contributed by atoms with van der Waals surface area (Å²) in [6.07, 6.45) is 0.924. The molecule has 5 atom stereocenters. The van der Waals surface area contributed by atoms with Crippen LogP contribution in [0, 0.1) is 17.3 Å². The number of thiophene rings is 1. The summed E-state index contributed by atoms with van der Waals surface area (Å²) in [6.45, 7) is 6.11. The highest BCUT2D eigenvalue weighted by molar-refractivity contribution is 7.52. The molecule has 1 aromatic heterocycles. The fourth-order valence-corrected chi connectivity index (χ4v) is 10.8. The SMILES string of the molecule is CC(C)(C)C(NC(=O)c1cc2cc(C(F)(F)P(=O)(O)O)ccc2s1)C(=O)N1C[C@@H](NC(=O)CCCC#Cc2ccc3c(c2)CN(C2CCC(=O)NC2=O)C3=O)C[C@H]1C(=O)N1CCO[C@H](c2ccccc2)C1. The Morgan fingerprint density at radius 2 is 1.76 bits per heavy atom. The zero-order valence-corrected chi connectivity index (χ0v) is 40.8. The van der Waals surface area contributed by atoms with E-state index in [4.69, 9.17) is 4.74 Å². The van der Waals surface area contributed by atoms with Gasteiger partial charge in [0.25, 0.3) is 11.8 Å². The molecule has 0 radical (unpaired) electrons. The van der Waals surface area contributed by atoms with Crippen molar-refractivity contribution in [1.82, 2.24) is 30.7 Å². The van der Waals surface area contributed by atoms with Crippen molar-refractivity contribution in [2.75, 3.05) is 26.2 Å². The van der Waals surface area contributed by atoms with Crippen LogP contribution in [-0.4, -0.2) is 116 Å². The maximum Gasteiger partial charge on any atom is 0.399 e. The maximum atomic E-state index is 14.8. The number of rotatable bonds is 12. The fraction of sp³-hybridized carbons (Fsp3) is 0.420. The number of benzene rings is 3. The van der Waals surface area contributed by atoms with Gasteiger partial charge in [-0.25, -0.2) is 0 Å². The van der Waals surface area contributed by atoms with Gasteiger partial charge in [-0.1, -0.05) is 69.0 Å². The van der Waals surface area contributed by atoms with Crippen LogP contribution in [0.5, 0.6) is 0 Å². The van der Waals surface area contributed by atoms with Crippen LogP contribution in [0.2, 0.25) is 0 Å². The molecule has 4 aliphatic heterocycles. The van der Waals surface area contributed by atoms with E-state index in [2.05, 4.69) is 27.8 Å². The van der Waals surface area contributed by atoms with Crippen LogP contribution >= 0.6 is 18.9 Å². The van der Waals surface area contributed by atoms with E-state index in [0.717, 1.165) is 34.6 Å². The highest BCUT2D eigenvalue weighted by atomic mass is 32.1. The lowest BCUT2D eigenvalue weighted by Crippen LogP contribution is -2.58. The topological polar surface area (TPSA) is 232 Å². The third-order valence-electron chi connectivity index (χ3n) is 13.1. The fourth-order valence-electron chi connectivity index (χ4n) is 9.33. The van der Waals surface area contributed by atoms with Gasteiger partial charge in [-0.05, 0) is 77.6 Å². The summed E-state index contributed by atoms with van der Waals surface area (Å²) in [6, 6.07) is 15.3. The van der Waals surface area contributed by atoms with E-state index in [0.29, 0.717) is 28.7 Å². The average Bonchev–Trinajstić information content (AvgIpc) is 4.04. The number of hydrogen-bond acceptors (Lipinski definition) is 10. The molecule has 7 amide bonds. The Balaban J connectivity index is 0.937. The lowest BCUT2D eigenvalue weighted by atomic mass is 9.85. The Labute approximate surface area is 411 Å². The van der Waals surface area contributed by atoms with Crippen LogP contribution in [-0.2, 0) is 45.5 Å². The lowest BCUT2D eigenvalue weighted by molar-refractivity contribution is -0.150. The first-order valence-electron chi connectivity index (χ1n) is 23.2. The second kappa shape index (κ2) is 20.4. The minimum absolute atomic E-state index is 0.0447. The molecule has 374 valence electrons. The van der Waals surface area contributed by atoms with Gasteiger partial charge in [0.15, 0.2) is 0 Å². The molecule has 4 aliphatic rings. The van der Waals surface area contributed by atoms with Crippen LogP contribution in [0.3, 0.4) is 0 Å². The lowest BCUT2D eigenvalue weighted by Gasteiger charge is -2.38. The van der Waals surface area contributed by atoms with Crippen molar-refractivity contribution in [3.63, 3.8) is 0 Å². The zero-order chi connectivity index (χ0) is 51.0. The maximum absolute atomic E-state index is 14.8. The molecule has 0 aliphatic carbocycles. The van der Waals surface area contributed by atoms with Gasteiger partial charge in [0.2, 0.25) is 29.5 Å². The van der Waals surface area contributed by atoms with Crippen molar-refractivity contribution >= 4 is 70.4 Å². The van der Waals surface area contributed by atoms with Gasteiger partial charge in [0, 0.05) is 66.3 Å². The Morgan fingerprint density at radius 1 is 1.00 bits per heavy atom. The molecule has 0 bridgehead atoms. The molecule has 21 heteroatoms. The summed E-state index contributed by atoms with van der Waals surface area (Å²) in [4.78, 5) is 117. The monoisotopic (exact) mass is 1010 g/mol. The highest BCUT2D eigenvalue weighted by Gasteiger charge is 2.51. The molecule has 3 saturated heterocycles. The molecule has 4 aromatic rings. The van der Waals surface area contributed by atoms with Crippen molar-refractivity contribution in [3.8, 4) is 11.8 Å². The van der Waals surface area contributed by atoms with Crippen LogP contribution in [0.4, 0.5) is 8.78 Å². The number of nitrogens with one attached hydrogen (secondary N) is 3. The number of carbonyl (C=O) groups is 7. The smallest absolute Gasteiger partial charge is 0.370 e. The number of fused-ring (bicyclic) bond motifs is 2. The van der Waals surface area contributed by atoms with Gasteiger partial charge < -0.3 is 39.9 Å². The van der Waals surface area contributed by atoms with E-state index < -0.39 is 72.2 Å². The third kappa shape index (κ3) is 11.1. The summed E-state index contributed by atoms with van der Waals surface area (Å²) in [5, 5.41) is 8.24. The Morgan fingerprint density at radius 3 is 2.48 bits per heavy atom. The molecule has 3 fully saturated rings. The number of imide groups is 1. The molecule has 8 rings (SSSR count). The summed E-state index contributed by atoms with van der Waals surface area (Å²) < 4.78 is 47.1. The van der Waals surface area contributed by atoms with E-state index in [1.807, 2.05) is 30.3 Å². The highest BCUT2D eigenvalue weighted by Crippen LogP contribution is 2.59. The van der Waals surface area contributed by atoms with E-state index in [1.54, 1.807) is 43.9 Å². The number of unbranched alkanes of at least 4 members (excludes halogenated alkanes) is 1. The third-order valence-corrected chi connectivity index (χ3v) is 15.2. The van der Waals surface area contributed by atoms with Gasteiger partial charge in [-0.15, -0.1) is 11.3 Å². The Bertz CT molecular complexity index is 2910. The summed E-state index contributed by atoms with van der Waals surface area (Å²) >= 11 is 0.939. The van der Waals surface area contributed by atoms with Crippen molar-refractivity contribution < 1.29 is 61.4 Å². The molecule has 3 aromatic carbocycles. The molecular weight excluding hydrogens is 962 g/mol. The minimum atomic E-state index is -5.85. The number of alkyl halides is 2. The second-order valence-electron chi connectivity index (χ2n) is 19.2. The number of likely N-dealkylation sites (tertiary alicyclic amines) is 1. The Hall–Kier alpha value is -6.36. The van der Waals surface area contributed by atoms with E-state index in [1.165, 1.54) is 21.9 Å². The zero-order valence-electron chi connectivity index (χ0n) is 39.1. The van der Waals surface area contributed by atoms with Crippen molar-refractivity contribution in [2.45, 2.75) is 102 Å². The van der Waals surface area contributed by atoms with Crippen molar-refractivity contribution in [3.05, 3.63) is 105 Å². The number of halogens is 2. The summed E-state index contributed by atoms with van der Waals surface area (Å²) in [5.41, 5.74) is -3.58. The predicted octanol–water partition coefficient (Wildman–Crippen LogP) is 4.94. The van der Waals surface area contributed by atoms with E-state index >= 15 is 0 Å². The van der Waals surface area contributed by atoms with E-state index in [9.17, 15) is 56.7 Å². The largest absolute Gasteiger partial charge is 0.399 e. The van der Waals surface area contributed by atoms with Crippen molar-refractivity contribution in [2.24, 2.45) is 5.41 Å². The van der Waals surface area contributed by atoms with E-state index in [-0.39, 0.29) is 92.4 Å².